The van der Waals surface area contributed by atoms with Crippen molar-refractivity contribution in [1.82, 2.24) is 4.72 Å². The minimum absolute atomic E-state index is 0.100. The molecule has 1 N–H and O–H groups in total. The lowest BCUT2D eigenvalue weighted by molar-refractivity contribution is 0.509. The molecule has 0 saturated heterocycles. The fourth-order valence-electron chi connectivity index (χ4n) is 2.90. The smallest absolute Gasteiger partial charge is 0.208 e. The van der Waals surface area contributed by atoms with E-state index < -0.39 is 10.0 Å². The predicted octanol–water partition coefficient (Wildman–Crippen LogP) is 3.61. The van der Waals surface area contributed by atoms with Gasteiger partial charge >= 0.3 is 0 Å². The maximum Gasteiger partial charge on any atom is 0.241 e. The Morgan fingerprint density at radius 1 is 0.900 bits per heavy atom. The van der Waals surface area contributed by atoms with Gasteiger partial charge in [0, 0.05) is 6.04 Å². The van der Waals surface area contributed by atoms with Gasteiger partial charge in [-0.2, -0.15) is 0 Å². The summed E-state index contributed by atoms with van der Waals surface area (Å²) in [5.74, 6) is 0. The first kappa shape index (κ1) is 15.5. The van der Waals surface area contributed by atoms with E-state index in [1.807, 2.05) is 26.8 Å². The minimum Gasteiger partial charge on any atom is -0.208 e. The van der Waals surface area contributed by atoms with E-state index in [1.165, 1.54) is 12.8 Å². The summed E-state index contributed by atoms with van der Waals surface area (Å²) < 4.78 is 28.1. The van der Waals surface area contributed by atoms with Crippen molar-refractivity contribution < 1.29 is 8.42 Å². The molecule has 4 heteroatoms. The van der Waals surface area contributed by atoms with Crippen molar-refractivity contribution >= 4 is 10.0 Å². The number of sulfonamides is 1. The van der Waals surface area contributed by atoms with Gasteiger partial charge in [0.2, 0.25) is 10.0 Å². The molecule has 112 valence electrons. The van der Waals surface area contributed by atoms with Crippen molar-refractivity contribution in [1.29, 1.82) is 0 Å². The van der Waals surface area contributed by atoms with E-state index in [-0.39, 0.29) is 6.04 Å². The molecule has 0 unspecified atom stereocenters. The standard InChI is InChI=1S/C16H25NO2S/c1-12-10-14(3)16(11-13(12)2)20(18,19)17-15-8-6-4-5-7-9-15/h10-11,15,17H,4-9H2,1-3H3. The molecule has 0 heterocycles. The van der Waals surface area contributed by atoms with Gasteiger partial charge in [-0.05, 0) is 56.4 Å². The molecule has 0 aliphatic heterocycles. The molecule has 1 aliphatic rings. The van der Waals surface area contributed by atoms with Crippen molar-refractivity contribution in [2.24, 2.45) is 0 Å². The van der Waals surface area contributed by atoms with Crippen LogP contribution in [0.3, 0.4) is 0 Å². The van der Waals surface area contributed by atoms with Gasteiger partial charge < -0.3 is 0 Å². The summed E-state index contributed by atoms with van der Waals surface area (Å²) in [4.78, 5) is 0.435. The Kier molecular flexibility index (Phi) is 4.86. The van der Waals surface area contributed by atoms with E-state index in [2.05, 4.69) is 4.72 Å². The highest BCUT2D eigenvalue weighted by molar-refractivity contribution is 7.89. The van der Waals surface area contributed by atoms with Crippen LogP contribution in [-0.4, -0.2) is 14.5 Å². The highest BCUT2D eigenvalue weighted by Crippen LogP contribution is 2.23. The molecule has 2 rings (SSSR count). The van der Waals surface area contributed by atoms with Crippen molar-refractivity contribution in [2.45, 2.75) is 70.2 Å². The van der Waals surface area contributed by atoms with Crippen LogP contribution in [0.25, 0.3) is 0 Å². The first-order valence-electron chi connectivity index (χ1n) is 7.50. The topological polar surface area (TPSA) is 46.2 Å². The van der Waals surface area contributed by atoms with Gasteiger partial charge in [0.05, 0.1) is 4.90 Å². The fourth-order valence-corrected chi connectivity index (χ4v) is 4.52. The molecule has 1 fully saturated rings. The quantitative estimate of drug-likeness (QED) is 0.866. The van der Waals surface area contributed by atoms with E-state index in [1.54, 1.807) is 6.07 Å². The second-order valence-corrected chi connectivity index (χ2v) is 7.69. The molecule has 0 bridgehead atoms. The molecule has 1 aromatic carbocycles. The van der Waals surface area contributed by atoms with Gasteiger partial charge in [0.1, 0.15) is 0 Å². The highest BCUT2D eigenvalue weighted by Gasteiger charge is 2.23. The molecule has 3 nitrogen and oxygen atoms in total. The summed E-state index contributed by atoms with van der Waals surface area (Å²) in [7, 11) is -3.40. The van der Waals surface area contributed by atoms with Gasteiger partial charge in [-0.3, -0.25) is 0 Å². The third-order valence-electron chi connectivity index (χ3n) is 4.26. The maximum atomic E-state index is 12.6. The Labute approximate surface area is 122 Å². The van der Waals surface area contributed by atoms with Crippen molar-refractivity contribution in [2.75, 3.05) is 0 Å². The van der Waals surface area contributed by atoms with Gasteiger partial charge in [0.15, 0.2) is 0 Å². The Balaban J connectivity index is 2.23. The van der Waals surface area contributed by atoms with Crippen LogP contribution in [0.2, 0.25) is 0 Å². The molecule has 20 heavy (non-hydrogen) atoms. The zero-order chi connectivity index (χ0) is 14.8. The Morgan fingerprint density at radius 3 is 2.05 bits per heavy atom. The van der Waals surface area contributed by atoms with Gasteiger partial charge in [0.25, 0.3) is 0 Å². The van der Waals surface area contributed by atoms with Crippen LogP contribution in [0, 0.1) is 20.8 Å². The molecule has 1 saturated carbocycles. The normalized spacial score (nSPS) is 17.9. The van der Waals surface area contributed by atoms with Crippen LogP contribution in [0.5, 0.6) is 0 Å². The molecular formula is C16H25NO2S. The maximum absolute atomic E-state index is 12.6. The lowest BCUT2D eigenvalue weighted by atomic mass is 10.1. The summed E-state index contributed by atoms with van der Waals surface area (Å²) in [6.07, 6.45) is 6.62. The molecule has 1 aromatic rings. The Hall–Kier alpha value is -0.870. The van der Waals surface area contributed by atoms with Gasteiger partial charge in [-0.25, -0.2) is 13.1 Å². The SMILES string of the molecule is Cc1cc(C)c(S(=O)(=O)NC2CCCCCC2)cc1C. The predicted molar refractivity (Wildman–Crippen MR) is 82.5 cm³/mol. The van der Waals surface area contributed by atoms with Crippen molar-refractivity contribution in [3.63, 3.8) is 0 Å². The van der Waals surface area contributed by atoms with Crippen LogP contribution in [0.4, 0.5) is 0 Å². The molecule has 0 aromatic heterocycles. The second-order valence-electron chi connectivity index (χ2n) is 6.01. The van der Waals surface area contributed by atoms with E-state index in [0.29, 0.717) is 4.90 Å². The summed E-state index contributed by atoms with van der Waals surface area (Å²) >= 11 is 0. The average Bonchev–Trinajstić information content (AvgIpc) is 2.61. The third kappa shape index (κ3) is 3.61. The van der Waals surface area contributed by atoms with Crippen LogP contribution in [0.1, 0.15) is 55.2 Å². The second kappa shape index (κ2) is 6.27. The minimum atomic E-state index is -3.40. The molecule has 1 aliphatic carbocycles. The molecular weight excluding hydrogens is 270 g/mol. The third-order valence-corrected chi connectivity index (χ3v) is 5.92. The van der Waals surface area contributed by atoms with Crippen LogP contribution >= 0.6 is 0 Å². The number of rotatable bonds is 3. The summed E-state index contributed by atoms with van der Waals surface area (Å²) in [6.45, 7) is 5.84. The Bertz CT molecular complexity index is 570. The van der Waals surface area contributed by atoms with E-state index >= 15 is 0 Å². The fraction of sp³-hybridized carbons (Fsp3) is 0.625. The average molecular weight is 295 g/mol. The summed E-state index contributed by atoms with van der Waals surface area (Å²) in [5, 5.41) is 0. The summed E-state index contributed by atoms with van der Waals surface area (Å²) in [5.41, 5.74) is 2.99. The zero-order valence-corrected chi connectivity index (χ0v) is 13.5. The molecule has 0 radical (unpaired) electrons. The lowest BCUT2D eigenvalue weighted by Crippen LogP contribution is -2.34. The van der Waals surface area contributed by atoms with Crippen LogP contribution in [0.15, 0.2) is 17.0 Å². The first-order valence-corrected chi connectivity index (χ1v) is 8.98. The van der Waals surface area contributed by atoms with Crippen LogP contribution < -0.4 is 4.72 Å². The number of nitrogens with one attached hydrogen (secondary N) is 1. The van der Waals surface area contributed by atoms with Crippen molar-refractivity contribution in [3.05, 3.63) is 28.8 Å². The van der Waals surface area contributed by atoms with Gasteiger partial charge in [-0.15, -0.1) is 0 Å². The Morgan fingerprint density at radius 2 is 1.45 bits per heavy atom. The van der Waals surface area contributed by atoms with E-state index in [9.17, 15) is 8.42 Å². The highest BCUT2D eigenvalue weighted by atomic mass is 32.2. The number of aryl methyl sites for hydroxylation is 3. The largest absolute Gasteiger partial charge is 0.241 e. The zero-order valence-electron chi connectivity index (χ0n) is 12.7. The lowest BCUT2D eigenvalue weighted by Gasteiger charge is -2.18. The van der Waals surface area contributed by atoms with E-state index in [0.717, 1.165) is 42.4 Å². The molecule has 0 spiro atoms. The molecule has 0 atom stereocenters. The first-order chi connectivity index (χ1) is 9.40. The van der Waals surface area contributed by atoms with Gasteiger partial charge in [-0.1, -0.05) is 31.7 Å². The molecule has 0 amide bonds. The number of hydrogen-bond donors (Lipinski definition) is 1. The monoisotopic (exact) mass is 295 g/mol. The van der Waals surface area contributed by atoms with E-state index in [4.69, 9.17) is 0 Å². The number of benzene rings is 1. The summed E-state index contributed by atoms with van der Waals surface area (Å²) in [6, 6.07) is 3.85. The van der Waals surface area contributed by atoms with Crippen molar-refractivity contribution in [3.8, 4) is 0 Å². The van der Waals surface area contributed by atoms with Crippen LogP contribution in [-0.2, 0) is 10.0 Å². The number of hydrogen-bond acceptors (Lipinski definition) is 2.